The van der Waals surface area contributed by atoms with Crippen LogP contribution >= 0.6 is 0 Å². The Labute approximate surface area is 167 Å². The van der Waals surface area contributed by atoms with Crippen LogP contribution in [0.2, 0.25) is 0 Å². The number of hydrogen-bond acceptors (Lipinski definition) is 4. The van der Waals surface area contributed by atoms with Gasteiger partial charge in [-0.05, 0) is 63.6 Å². The molecule has 6 nitrogen and oxygen atoms in total. The lowest BCUT2D eigenvalue weighted by Gasteiger charge is -2.32. The van der Waals surface area contributed by atoms with Crippen LogP contribution in [0.1, 0.15) is 61.4 Å². The van der Waals surface area contributed by atoms with E-state index in [0.29, 0.717) is 12.1 Å². The summed E-state index contributed by atoms with van der Waals surface area (Å²) in [5.41, 5.74) is 1.27. The van der Waals surface area contributed by atoms with Crippen LogP contribution in [0, 0.1) is 12.8 Å². The highest BCUT2D eigenvalue weighted by molar-refractivity contribution is 7.89. The van der Waals surface area contributed by atoms with Gasteiger partial charge in [-0.3, -0.25) is 4.79 Å². The number of piperidine rings is 1. The van der Waals surface area contributed by atoms with Crippen molar-refractivity contribution in [3.05, 3.63) is 29.3 Å². The molecular weight excluding hydrogens is 376 g/mol. The van der Waals surface area contributed by atoms with Gasteiger partial charge in [0, 0.05) is 42.8 Å². The van der Waals surface area contributed by atoms with E-state index in [-0.39, 0.29) is 41.5 Å². The van der Waals surface area contributed by atoms with Gasteiger partial charge in [-0.1, -0.05) is 12.5 Å². The number of sulfonamides is 1. The minimum Gasteiger partial charge on any atom is -0.396 e. The van der Waals surface area contributed by atoms with Crippen molar-refractivity contribution in [3.63, 3.8) is 0 Å². The van der Waals surface area contributed by atoms with Crippen molar-refractivity contribution in [1.29, 1.82) is 0 Å². The van der Waals surface area contributed by atoms with E-state index < -0.39 is 10.0 Å². The Morgan fingerprint density at radius 2 is 2.00 bits per heavy atom. The van der Waals surface area contributed by atoms with Gasteiger partial charge < -0.3 is 10.0 Å². The molecule has 3 aliphatic heterocycles. The number of aliphatic hydroxyl groups is 1. The predicted molar refractivity (Wildman–Crippen MR) is 107 cm³/mol. The number of benzene rings is 1. The number of hydrogen-bond donors (Lipinski definition) is 1. The minimum atomic E-state index is -3.61. The standard InChI is InChI=1S/C21H30N2O4S/c1-14-6-8-18(28(26,27)22-10-4-3-5-15(22)2)12-19(14)21(25)23-17-7-9-20(23)16(11-17)13-24/h6,8,12,15-17,20,24H,3-5,7,9-11,13H2,1-2H3/t15-,16+,17-,20-/m0/s1. The molecule has 1 aromatic carbocycles. The van der Waals surface area contributed by atoms with Gasteiger partial charge in [-0.25, -0.2) is 8.42 Å². The van der Waals surface area contributed by atoms with E-state index in [0.717, 1.165) is 44.1 Å². The molecule has 4 atom stereocenters. The third-order valence-corrected chi connectivity index (χ3v) is 8.93. The fraction of sp³-hybridized carbons (Fsp3) is 0.667. The Kier molecular flexibility index (Phi) is 5.27. The van der Waals surface area contributed by atoms with Gasteiger partial charge in [0.15, 0.2) is 0 Å². The average molecular weight is 407 g/mol. The quantitative estimate of drug-likeness (QED) is 0.834. The van der Waals surface area contributed by atoms with Crippen molar-refractivity contribution in [1.82, 2.24) is 9.21 Å². The summed E-state index contributed by atoms with van der Waals surface area (Å²) < 4.78 is 28.0. The summed E-state index contributed by atoms with van der Waals surface area (Å²) in [6, 6.07) is 5.16. The maximum Gasteiger partial charge on any atom is 0.254 e. The van der Waals surface area contributed by atoms with Crippen molar-refractivity contribution in [2.45, 2.75) is 75.4 Å². The summed E-state index contributed by atoms with van der Waals surface area (Å²) in [5, 5.41) is 9.61. The van der Waals surface area contributed by atoms with Gasteiger partial charge in [0.25, 0.3) is 5.91 Å². The summed E-state index contributed by atoms with van der Waals surface area (Å²) in [5.74, 6) is 0.0498. The SMILES string of the molecule is Cc1ccc(S(=O)(=O)N2CCCC[C@@H]2C)cc1C(=O)N1[C@H]2CC[C@H]1[C@@H](CO)C2. The third kappa shape index (κ3) is 3.17. The van der Waals surface area contributed by atoms with Crippen LogP contribution in [-0.4, -0.2) is 59.9 Å². The molecule has 1 aromatic rings. The molecule has 28 heavy (non-hydrogen) atoms. The van der Waals surface area contributed by atoms with E-state index in [1.807, 2.05) is 18.7 Å². The number of carbonyl (C=O) groups is 1. The Morgan fingerprint density at radius 1 is 1.21 bits per heavy atom. The minimum absolute atomic E-state index is 0.0149. The number of rotatable bonds is 4. The molecule has 3 heterocycles. The molecule has 1 amide bonds. The molecule has 0 aromatic heterocycles. The Bertz CT molecular complexity index is 869. The molecule has 1 N–H and O–H groups in total. The molecule has 2 bridgehead atoms. The van der Waals surface area contributed by atoms with Crippen LogP contribution in [0.5, 0.6) is 0 Å². The number of nitrogens with zero attached hydrogens (tertiary/aromatic N) is 2. The van der Waals surface area contributed by atoms with Gasteiger partial charge in [0.2, 0.25) is 10.0 Å². The van der Waals surface area contributed by atoms with Gasteiger partial charge in [-0.15, -0.1) is 0 Å². The number of carbonyl (C=O) groups excluding carboxylic acids is 1. The highest BCUT2D eigenvalue weighted by Gasteiger charge is 2.48. The first kappa shape index (κ1) is 19.9. The number of amides is 1. The monoisotopic (exact) mass is 406 g/mol. The predicted octanol–water partition coefficient (Wildman–Crippen LogP) is 2.54. The van der Waals surface area contributed by atoms with Gasteiger partial charge >= 0.3 is 0 Å². The van der Waals surface area contributed by atoms with Crippen molar-refractivity contribution in [2.24, 2.45) is 5.92 Å². The van der Waals surface area contributed by atoms with Gasteiger partial charge in [-0.2, -0.15) is 4.31 Å². The van der Waals surface area contributed by atoms with Crippen molar-refractivity contribution in [2.75, 3.05) is 13.2 Å². The van der Waals surface area contributed by atoms with Gasteiger partial charge in [0.05, 0.1) is 4.90 Å². The van der Waals surface area contributed by atoms with Crippen LogP contribution in [0.25, 0.3) is 0 Å². The normalized spacial score (nSPS) is 30.8. The lowest BCUT2D eigenvalue weighted by atomic mass is 9.90. The van der Waals surface area contributed by atoms with E-state index in [2.05, 4.69) is 0 Å². The number of aliphatic hydroxyl groups excluding tert-OH is 1. The molecule has 0 aliphatic carbocycles. The molecule has 7 heteroatoms. The second-order valence-corrected chi connectivity index (χ2v) is 10.5. The molecule has 0 unspecified atom stereocenters. The summed E-state index contributed by atoms with van der Waals surface area (Å²) in [4.78, 5) is 15.5. The van der Waals surface area contributed by atoms with Crippen LogP contribution < -0.4 is 0 Å². The van der Waals surface area contributed by atoms with Crippen molar-refractivity contribution < 1.29 is 18.3 Å². The first-order valence-corrected chi connectivity index (χ1v) is 11.8. The van der Waals surface area contributed by atoms with E-state index in [1.165, 1.54) is 0 Å². The highest BCUT2D eigenvalue weighted by atomic mass is 32.2. The largest absolute Gasteiger partial charge is 0.396 e. The summed E-state index contributed by atoms with van der Waals surface area (Å²) in [6.07, 6.45) is 5.53. The maximum absolute atomic E-state index is 13.3. The molecular formula is C21H30N2O4S. The Hall–Kier alpha value is -1.44. The topological polar surface area (TPSA) is 77.9 Å². The smallest absolute Gasteiger partial charge is 0.254 e. The zero-order chi connectivity index (χ0) is 20.1. The maximum atomic E-state index is 13.3. The van der Waals surface area contributed by atoms with E-state index in [9.17, 15) is 18.3 Å². The van der Waals surface area contributed by atoms with Crippen LogP contribution in [0.3, 0.4) is 0 Å². The number of aryl methyl sites for hydroxylation is 1. The van der Waals surface area contributed by atoms with Crippen molar-refractivity contribution >= 4 is 15.9 Å². The highest BCUT2D eigenvalue weighted by Crippen LogP contribution is 2.42. The van der Waals surface area contributed by atoms with Gasteiger partial charge in [0.1, 0.15) is 0 Å². The molecule has 0 saturated carbocycles. The second kappa shape index (κ2) is 7.43. The molecule has 0 radical (unpaired) electrons. The molecule has 3 fully saturated rings. The fourth-order valence-corrected chi connectivity index (χ4v) is 7.05. The summed E-state index contributed by atoms with van der Waals surface area (Å²) in [6.45, 7) is 4.45. The van der Waals surface area contributed by atoms with E-state index >= 15 is 0 Å². The molecule has 3 saturated heterocycles. The molecule has 3 aliphatic rings. The molecule has 0 spiro atoms. The van der Waals surface area contributed by atoms with E-state index in [4.69, 9.17) is 0 Å². The first-order valence-electron chi connectivity index (χ1n) is 10.4. The molecule has 4 rings (SSSR count). The summed E-state index contributed by atoms with van der Waals surface area (Å²) in [7, 11) is -3.61. The summed E-state index contributed by atoms with van der Waals surface area (Å²) >= 11 is 0. The van der Waals surface area contributed by atoms with E-state index in [1.54, 1.807) is 22.5 Å². The first-order chi connectivity index (χ1) is 13.3. The van der Waals surface area contributed by atoms with Crippen LogP contribution in [0.15, 0.2) is 23.1 Å². The zero-order valence-corrected chi connectivity index (χ0v) is 17.5. The Morgan fingerprint density at radius 3 is 2.68 bits per heavy atom. The fourth-order valence-electron chi connectivity index (χ4n) is 5.32. The third-order valence-electron chi connectivity index (χ3n) is 6.92. The zero-order valence-electron chi connectivity index (χ0n) is 16.7. The van der Waals surface area contributed by atoms with Crippen LogP contribution in [0.4, 0.5) is 0 Å². The average Bonchev–Trinajstić information content (AvgIpc) is 3.25. The lowest BCUT2D eigenvalue weighted by molar-refractivity contribution is 0.0706. The van der Waals surface area contributed by atoms with Crippen LogP contribution in [-0.2, 0) is 10.0 Å². The van der Waals surface area contributed by atoms with Crippen molar-refractivity contribution in [3.8, 4) is 0 Å². The molecule has 154 valence electrons. The second-order valence-electron chi connectivity index (χ2n) is 8.63. The number of fused-ring (bicyclic) bond motifs is 2. The lowest BCUT2D eigenvalue weighted by Crippen LogP contribution is -2.42. The Balaban J connectivity index is 1.65.